The lowest BCUT2D eigenvalue weighted by atomic mass is 10.1. The van der Waals surface area contributed by atoms with Gasteiger partial charge in [-0.1, -0.05) is 50.3 Å². The summed E-state index contributed by atoms with van der Waals surface area (Å²) in [7, 11) is 0. The van der Waals surface area contributed by atoms with Crippen LogP contribution < -0.4 is 4.74 Å². The van der Waals surface area contributed by atoms with E-state index in [9.17, 15) is 19.2 Å². The number of hydrogen-bond acceptors (Lipinski definition) is 6. The van der Waals surface area contributed by atoms with Crippen LogP contribution >= 0.6 is 0 Å². The number of para-hydroxylation sites is 1. The molecule has 7 heteroatoms. The Morgan fingerprint density at radius 2 is 1.88 bits per heavy atom. The second kappa shape index (κ2) is 10.1. The molecule has 0 heterocycles. The van der Waals surface area contributed by atoms with E-state index in [0.717, 1.165) is 0 Å². The fraction of sp³-hybridized carbons (Fsp3) is 0.320. The molecule has 0 amide bonds. The molecule has 0 N–H and O–H groups in total. The number of benzene rings is 2. The van der Waals surface area contributed by atoms with E-state index in [4.69, 9.17) is 9.47 Å². The maximum atomic E-state index is 12.8. The second-order valence-corrected chi connectivity index (χ2v) is 7.97. The van der Waals surface area contributed by atoms with E-state index in [1.807, 2.05) is 50.2 Å². The molecule has 0 saturated heterocycles. The third-order valence-electron chi connectivity index (χ3n) is 5.42. The Balaban J connectivity index is 1.65. The Morgan fingerprint density at radius 3 is 2.56 bits per heavy atom. The van der Waals surface area contributed by atoms with Crippen LogP contribution in [0.25, 0.3) is 0 Å². The molecule has 1 saturated carbocycles. The minimum Gasteiger partial charge on any atom is -0.460 e. The van der Waals surface area contributed by atoms with Crippen LogP contribution in [0.5, 0.6) is 11.5 Å². The number of carbonyl (C=O) groups is 2. The minimum atomic E-state index is -1.10. The predicted molar refractivity (Wildman–Crippen MR) is 114 cm³/mol. The fourth-order valence-corrected chi connectivity index (χ4v) is 3.58. The molecule has 1 aliphatic rings. The Morgan fingerprint density at radius 1 is 1.16 bits per heavy atom. The van der Waals surface area contributed by atoms with Crippen molar-refractivity contribution in [2.45, 2.75) is 20.0 Å². The average molecular weight is 437 g/mol. The monoisotopic (exact) mass is 437 g/mol. The minimum absolute atomic E-state index is 0.250. The molecule has 3 rings (SSSR count). The normalized spacial score (nSPS) is 19.6. The van der Waals surface area contributed by atoms with Crippen LogP contribution in [0.1, 0.15) is 25.5 Å². The summed E-state index contributed by atoms with van der Waals surface area (Å²) < 4.78 is 28.0. The molecule has 1 aliphatic carbocycles. The summed E-state index contributed by atoms with van der Waals surface area (Å²) in [6.45, 7) is 2.68. The molecule has 0 aromatic heterocycles. The molecule has 166 valence electrons. The molecule has 0 radical (unpaired) electrons. The molecule has 6 nitrogen and oxygen atoms in total. The Kier molecular flexibility index (Phi) is 7.26. The molecule has 0 aliphatic heterocycles. The molecule has 1 unspecified atom stereocenters. The van der Waals surface area contributed by atoms with Crippen molar-refractivity contribution in [3.05, 3.63) is 72.3 Å². The number of carbonyl (C=O) groups excluding carboxylic acids is 2. The summed E-state index contributed by atoms with van der Waals surface area (Å²) in [6, 6.07) is 18.0. The van der Waals surface area contributed by atoms with Gasteiger partial charge in [0.15, 0.2) is 0 Å². The molecular weight excluding hydrogens is 413 g/mol. The molecule has 2 aromatic carbocycles. The van der Waals surface area contributed by atoms with Crippen molar-refractivity contribution >= 4 is 11.9 Å². The van der Waals surface area contributed by atoms with Crippen molar-refractivity contribution in [3.8, 4) is 17.6 Å². The number of hydrogen-bond donors (Lipinski definition) is 0. The van der Waals surface area contributed by atoms with Crippen LogP contribution in [-0.4, -0.2) is 25.2 Å². The van der Waals surface area contributed by atoms with Gasteiger partial charge in [-0.15, -0.1) is 0 Å². The molecule has 1 fully saturated rings. The largest absolute Gasteiger partial charge is 0.460 e. The lowest BCUT2D eigenvalue weighted by molar-refractivity contribution is -0.149. The van der Waals surface area contributed by atoms with Crippen LogP contribution in [-0.2, 0) is 19.1 Å². The van der Waals surface area contributed by atoms with Gasteiger partial charge >= 0.3 is 11.9 Å². The zero-order valence-electron chi connectivity index (χ0n) is 17.9. The summed E-state index contributed by atoms with van der Waals surface area (Å²) in [4.78, 5) is 24.3. The van der Waals surface area contributed by atoms with E-state index < -0.39 is 36.1 Å². The predicted octanol–water partition coefficient (Wildman–Crippen LogP) is 4.93. The van der Waals surface area contributed by atoms with Crippen LogP contribution in [0, 0.1) is 28.6 Å². The van der Waals surface area contributed by atoms with Crippen molar-refractivity contribution < 1.29 is 28.2 Å². The van der Waals surface area contributed by atoms with Gasteiger partial charge in [0.25, 0.3) is 0 Å². The molecule has 0 bridgehead atoms. The van der Waals surface area contributed by atoms with Crippen LogP contribution in [0.15, 0.2) is 66.7 Å². The van der Waals surface area contributed by atoms with Gasteiger partial charge in [0, 0.05) is 11.6 Å². The maximum absolute atomic E-state index is 12.8. The highest BCUT2D eigenvalue weighted by atomic mass is 19.1. The first-order valence-corrected chi connectivity index (χ1v) is 10.2. The number of rotatable bonds is 9. The van der Waals surface area contributed by atoms with Gasteiger partial charge in [0.1, 0.15) is 30.8 Å². The van der Waals surface area contributed by atoms with E-state index in [0.29, 0.717) is 17.1 Å². The average Bonchev–Trinajstić information content (AvgIpc) is 3.35. The van der Waals surface area contributed by atoms with Gasteiger partial charge in [-0.3, -0.25) is 4.79 Å². The summed E-state index contributed by atoms with van der Waals surface area (Å²) in [5, 5.41) is 9.59. The zero-order valence-corrected chi connectivity index (χ0v) is 17.9. The van der Waals surface area contributed by atoms with E-state index in [1.165, 1.54) is 6.08 Å². The van der Waals surface area contributed by atoms with Crippen molar-refractivity contribution in [3.63, 3.8) is 0 Å². The topological polar surface area (TPSA) is 85.6 Å². The lowest BCUT2D eigenvalue weighted by Crippen LogP contribution is -2.14. The van der Waals surface area contributed by atoms with E-state index in [2.05, 4.69) is 4.74 Å². The molecule has 32 heavy (non-hydrogen) atoms. The number of allylic oxidation sites excluding steroid dienone is 1. The van der Waals surface area contributed by atoms with Gasteiger partial charge in [-0.25, -0.2) is 9.18 Å². The third kappa shape index (κ3) is 5.52. The first-order chi connectivity index (χ1) is 15.4. The SMILES string of the molecule is CC1(C)[C@H](C(=O)OC(C#N)c2cccc(Oc3ccccc3)c2)[C@@H]1C=CC(=O)OCCF. The lowest BCUT2D eigenvalue weighted by Gasteiger charge is -2.13. The molecule has 3 atom stereocenters. The Bertz CT molecular complexity index is 1030. The molecule has 2 aromatic rings. The first kappa shape index (κ1) is 23.0. The van der Waals surface area contributed by atoms with Gasteiger partial charge in [0.05, 0.1) is 5.92 Å². The van der Waals surface area contributed by atoms with Crippen molar-refractivity contribution in [1.29, 1.82) is 5.26 Å². The number of alkyl halides is 1. The van der Waals surface area contributed by atoms with Gasteiger partial charge < -0.3 is 14.2 Å². The summed E-state index contributed by atoms with van der Waals surface area (Å²) >= 11 is 0. The standard InChI is InChI=1S/C25H24FNO5/c1-25(2)20(11-12-22(28)30-14-13-26)23(25)24(29)32-21(16-27)17-7-6-10-19(15-17)31-18-8-4-3-5-9-18/h3-12,15,20-21,23H,13-14H2,1-2H3/t20-,21?,23-/m0/s1. The first-order valence-electron chi connectivity index (χ1n) is 10.2. The Hall–Kier alpha value is -3.66. The number of ether oxygens (including phenoxy) is 3. The van der Waals surface area contributed by atoms with E-state index in [1.54, 1.807) is 30.3 Å². The van der Waals surface area contributed by atoms with E-state index >= 15 is 0 Å². The summed E-state index contributed by atoms with van der Waals surface area (Å²) in [5.41, 5.74) is 0.0568. The van der Waals surface area contributed by atoms with Crippen molar-refractivity contribution in [2.24, 2.45) is 17.3 Å². The van der Waals surface area contributed by atoms with E-state index in [-0.39, 0.29) is 12.5 Å². The highest BCUT2D eigenvalue weighted by Gasteiger charge is 2.61. The number of esters is 2. The highest BCUT2D eigenvalue weighted by molar-refractivity contribution is 5.83. The zero-order chi connectivity index (χ0) is 23.1. The summed E-state index contributed by atoms with van der Waals surface area (Å²) in [5.74, 6) is -0.781. The second-order valence-electron chi connectivity index (χ2n) is 7.97. The third-order valence-corrected chi connectivity index (χ3v) is 5.42. The smallest absolute Gasteiger partial charge is 0.330 e. The van der Waals surface area contributed by atoms with Crippen LogP contribution in [0.3, 0.4) is 0 Å². The summed E-state index contributed by atoms with van der Waals surface area (Å²) in [6.07, 6.45) is 1.67. The molecular formula is C25H24FNO5. The van der Waals surface area contributed by atoms with Crippen molar-refractivity contribution in [2.75, 3.05) is 13.3 Å². The van der Waals surface area contributed by atoms with Crippen molar-refractivity contribution in [1.82, 2.24) is 0 Å². The molecule has 0 spiro atoms. The van der Waals surface area contributed by atoms with Crippen LogP contribution in [0.4, 0.5) is 4.39 Å². The van der Waals surface area contributed by atoms with Gasteiger partial charge in [-0.05, 0) is 35.6 Å². The highest BCUT2D eigenvalue weighted by Crippen LogP contribution is 2.59. The van der Waals surface area contributed by atoms with Gasteiger partial charge in [-0.2, -0.15) is 5.26 Å². The quantitative estimate of drug-likeness (QED) is 0.409. The maximum Gasteiger partial charge on any atom is 0.330 e. The van der Waals surface area contributed by atoms with Gasteiger partial charge in [0.2, 0.25) is 6.10 Å². The number of halogens is 1. The fourth-order valence-electron chi connectivity index (χ4n) is 3.58. The Labute approximate surface area is 186 Å². The number of nitrogens with zero attached hydrogens (tertiary/aromatic N) is 1. The van der Waals surface area contributed by atoms with Crippen LogP contribution in [0.2, 0.25) is 0 Å². The number of nitriles is 1.